The summed E-state index contributed by atoms with van der Waals surface area (Å²) in [6.45, 7) is 7.72. The number of rotatable bonds is 3. The SMILES string of the molecule is Cc1cc(N2CCN(CC(=O)N3CCNCC3)CC(O)C2)nc(N)n1.Cl.Cl. The van der Waals surface area contributed by atoms with Crippen molar-refractivity contribution < 1.29 is 9.90 Å². The topological polar surface area (TPSA) is 111 Å². The third-order valence-electron chi connectivity index (χ3n) is 4.60. The van der Waals surface area contributed by atoms with Gasteiger partial charge in [0.25, 0.3) is 0 Å². The van der Waals surface area contributed by atoms with Crippen LogP contribution in [-0.2, 0) is 4.79 Å². The molecule has 2 aliphatic rings. The molecule has 2 fully saturated rings. The van der Waals surface area contributed by atoms with Crippen LogP contribution in [0, 0.1) is 6.92 Å². The molecule has 1 aromatic rings. The Morgan fingerprint density at radius 3 is 2.59 bits per heavy atom. The Balaban J connectivity index is 0.00000182. The minimum Gasteiger partial charge on any atom is -0.390 e. The molecule has 9 nitrogen and oxygen atoms in total. The number of nitrogens with zero attached hydrogens (tertiary/aromatic N) is 5. The van der Waals surface area contributed by atoms with Crippen molar-refractivity contribution in [1.29, 1.82) is 0 Å². The predicted molar refractivity (Wildman–Crippen MR) is 110 cm³/mol. The van der Waals surface area contributed by atoms with E-state index in [1.165, 1.54) is 0 Å². The summed E-state index contributed by atoms with van der Waals surface area (Å²) in [5.41, 5.74) is 6.54. The molecule has 0 aromatic carbocycles. The minimum atomic E-state index is -0.546. The van der Waals surface area contributed by atoms with Crippen LogP contribution in [0.5, 0.6) is 0 Å². The molecule has 0 radical (unpaired) electrons. The van der Waals surface area contributed by atoms with Gasteiger partial charge in [-0.15, -0.1) is 24.8 Å². The Morgan fingerprint density at radius 2 is 1.93 bits per heavy atom. The molecule has 11 heteroatoms. The first-order valence-electron chi connectivity index (χ1n) is 8.76. The van der Waals surface area contributed by atoms with E-state index in [1.54, 1.807) is 0 Å². The van der Waals surface area contributed by atoms with Crippen LogP contribution in [0.3, 0.4) is 0 Å². The summed E-state index contributed by atoms with van der Waals surface area (Å²) in [4.78, 5) is 26.7. The number of hydrogen-bond donors (Lipinski definition) is 3. The number of nitrogens with one attached hydrogen (secondary N) is 1. The average molecular weight is 422 g/mol. The zero-order valence-electron chi connectivity index (χ0n) is 15.5. The van der Waals surface area contributed by atoms with Crippen molar-refractivity contribution in [3.05, 3.63) is 11.8 Å². The van der Waals surface area contributed by atoms with Gasteiger partial charge >= 0.3 is 0 Å². The number of nitrogen functional groups attached to an aromatic ring is 1. The number of carbonyl (C=O) groups excluding carboxylic acids is 1. The Kier molecular flexibility index (Phi) is 9.48. The van der Waals surface area contributed by atoms with Crippen molar-refractivity contribution >= 4 is 42.5 Å². The molecule has 0 aliphatic carbocycles. The van der Waals surface area contributed by atoms with Gasteiger partial charge in [0, 0.05) is 64.1 Å². The molecule has 154 valence electrons. The molecule has 2 aliphatic heterocycles. The van der Waals surface area contributed by atoms with E-state index >= 15 is 0 Å². The van der Waals surface area contributed by atoms with Crippen molar-refractivity contribution in [2.24, 2.45) is 0 Å². The lowest BCUT2D eigenvalue weighted by Gasteiger charge is -2.30. The first kappa shape index (κ1) is 23.6. The standard InChI is InChI=1S/C16H27N7O2.2ClH/c1-12-8-14(20-16(17)19-12)23-7-6-21(9-13(24)10-23)11-15(25)22-4-2-18-3-5-22;;/h8,13,18,24H,2-7,9-11H2,1H3,(H2,17,19,20);2*1H. The number of hydrogen-bond acceptors (Lipinski definition) is 8. The quantitative estimate of drug-likeness (QED) is 0.577. The van der Waals surface area contributed by atoms with E-state index < -0.39 is 6.10 Å². The Hall–Kier alpha value is -1.39. The zero-order valence-corrected chi connectivity index (χ0v) is 17.1. The van der Waals surface area contributed by atoms with Crippen molar-refractivity contribution in [3.8, 4) is 0 Å². The van der Waals surface area contributed by atoms with Crippen molar-refractivity contribution in [3.63, 3.8) is 0 Å². The van der Waals surface area contributed by atoms with E-state index in [2.05, 4.69) is 15.3 Å². The number of aliphatic hydroxyl groups is 1. The lowest BCUT2D eigenvalue weighted by atomic mass is 10.3. The third-order valence-corrected chi connectivity index (χ3v) is 4.60. The fraction of sp³-hybridized carbons (Fsp3) is 0.688. The number of aryl methyl sites for hydroxylation is 1. The third kappa shape index (κ3) is 6.62. The van der Waals surface area contributed by atoms with Crippen LogP contribution in [-0.4, -0.2) is 95.8 Å². The Labute approximate surface area is 172 Å². The van der Waals surface area contributed by atoms with E-state index in [9.17, 15) is 9.90 Å². The van der Waals surface area contributed by atoms with Crippen LogP contribution in [0.2, 0.25) is 0 Å². The highest BCUT2D eigenvalue weighted by molar-refractivity contribution is 5.85. The number of amides is 1. The molecule has 0 spiro atoms. The first-order valence-corrected chi connectivity index (χ1v) is 8.76. The largest absolute Gasteiger partial charge is 0.390 e. The van der Waals surface area contributed by atoms with Gasteiger partial charge < -0.3 is 26.0 Å². The predicted octanol–water partition coefficient (Wildman–Crippen LogP) is -0.874. The summed E-state index contributed by atoms with van der Waals surface area (Å²) >= 11 is 0. The van der Waals surface area contributed by atoms with Crippen LogP contribution in [0.25, 0.3) is 0 Å². The molecule has 0 bridgehead atoms. The average Bonchev–Trinajstić information content (AvgIpc) is 2.76. The summed E-state index contributed by atoms with van der Waals surface area (Å²) in [7, 11) is 0. The Bertz CT molecular complexity index is 596. The number of anilines is 2. The summed E-state index contributed by atoms with van der Waals surface area (Å²) in [6.07, 6.45) is -0.546. The molecule has 2 saturated heterocycles. The highest BCUT2D eigenvalue weighted by Gasteiger charge is 2.25. The van der Waals surface area contributed by atoms with Crippen LogP contribution in [0.1, 0.15) is 5.69 Å². The lowest BCUT2D eigenvalue weighted by molar-refractivity contribution is -0.133. The second-order valence-corrected chi connectivity index (χ2v) is 6.69. The monoisotopic (exact) mass is 421 g/mol. The molecule has 3 heterocycles. The summed E-state index contributed by atoms with van der Waals surface area (Å²) in [5, 5.41) is 13.6. The number of halogens is 2. The maximum Gasteiger partial charge on any atom is 0.236 e. The molecule has 0 saturated carbocycles. The smallest absolute Gasteiger partial charge is 0.236 e. The van der Waals surface area contributed by atoms with Crippen molar-refractivity contribution in [1.82, 2.24) is 25.1 Å². The molecule has 27 heavy (non-hydrogen) atoms. The van der Waals surface area contributed by atoms with E-state index in [0.29, 0.717) is 32.7 Å². The van der Waals surface area contributed by atoms with Gasteiger partial charge in [0.1, 0.15) is 5.82 Å². The lowest BCUT2D eigenvalue weighted by Crippen LogP contribution is -2.50. The molecule has 3 rings (SSSR count). The number of piperazine rings is 1. The second kappa shape index (κ2) is 10.8. The van der Waals surface area contributed by atoms with E-state index in [4.69, 9.17) is 5.73 Å². The van der Waals surface area contributed by atoms with E-state index in [1.807, 2.05) is 27.7 Å². The van der Waals surface area contributed by atoms with Crippen LogP contribution in [0.15, 0.2) is 6.07 Å². The molecule has 4 N–H and O–H groups in total. The van der Waals surface area contributed by atoms with Gasteiger partial charge in [-0.1, -0.05) is 0 Å². The highest BCUT2D eigenvalue weighted by atomic mass is 35.5. The molecule has 1 aromatic heterocycles. The Morgan fingerprint density at radius 1 is 1.22 bits per heavy atom. The zero-order chi connectivity index (χ0) is 17.8. The summed E-state index contributed by atoms with van der Waals surface area (Å²) in [6, 6.07) is 1.87. The van der Waals surface area contributed by atoms with Crippen LogP contribution >= 0.6 is 24.8 Å². The van der Waals surface area contributed by atoms with Gasteiger partial charge in [-0.2, -0.15) is 4.98 Å². The first-order chi connectivity index (χ1) is 12.0. The minimum absolute atomic E-state index is 0. The van der Waals surface area contributed by atoms with Gasteiger partial charge in [0.05, 0.1) is 12.6 Å². The molecule has 1 atom stereocenters. The fourth-order valence-electron chi connectivity index (χ4n) is 3.35. The summed E-state index contributed by atoms with van der Waals surface area (Å²) < 4.78 is 0. The number of carbonyl (C=O) groups is 1. The van der Waals surface area contributed by atoms with Crippen LogP contribution in [0.4, 0.5) is 11.8 Å². The number of nitrogens with two attached hydrogens (primary N) is 1. The maximum atomic E-state index is 12.5. The van der Waals surface area contributed by atoms with Crippen LogP contribution < -0.4 is 16.0 Å². The highest BCUT2D eigenvalue weighted by Crippen LogP contribution is 2.16. The van der Waals surface area contributed by atoms with Gasteiger partial charge in [0.2, 0.25) is 11.9 Å². The number of β-amino-alcohol motifs (C(OH)–C–C–N with tert-alkyl or cyclic N) is 1. The van der Waals surface area contributed by atoms with Crippen molar-refractivity contribution in [2.45, 2.75) is 13.0 Å². The molecular weight excluding hydrogens is 393 g/mol. The number of aromatic nitrogens is 2. The normalized spacial score (nSPS) is 21.0. The molecule has 1 amide bonds. The van der Waals surface area contributed by atoms with Gasteiger partial charge in [-0.25, -0.2) is 4.98 Å². The van der Waals surface area contributed by atoms with E-state index in [0.717, 1.165) is 37.7 Å². The second-order valence-electron chi connectivity index (χ2n) is 6.69. The summed E-state index contributed by atoms with van der Waals surface area (Å²) in [5.74, 6) is 1.09. The molecular formula is C16H29Cl2N7O2. The fourth-order valence-corrected chi connectivity index (χ4v) is 3.35. The number of aliphatic hydroxyl groups excluding tert-OH is 1. The maximum absolute atomic E-state index is 12.5. The van der Waals surface area contributed by atoms with Gasteiger partial charge in [-0.05, 0) is 6.92 Å². The molecule has 1 unspecified atom stereocenters. The van der Waals surface area contributed by atoms with Crippen molar-refractivity contribution in [2.75, 3.05) is 69.5 Å². The van der Waals surface area contributed by atoms with Gasteiger partial charge in [0.15, 0.2) is 0 Å². The van der Waals surface area contributed by atoms with Gasteiger partial charge in [-0.3, -0.25) is 9.69 Å². The van der Waals surface area contributed by atoms with E-state index in [-0.39, 0.29) is 36.7 Å².